The summed E-state index contributed by atoms with van der Waals surface area (Å²) >= 11 is 0. The molecule has 0 atom stereocenters. The smallest absolute Gasteiger partial charge is 0.127 e. The third-order valence-electron chi connectivity index (χ3n) is 3.39. The molecule has 0 aliphatic heterocycles. The summed E-state index contributed by atoms with van der Waals surface area (Å²) in [5, 5.41) is 29.3. The van der Waals surface area contributed by atoms with Crippen LogP contribution in [0.2, 0.25) is 0 Å². The second-order valence-electron chi connectivity index (χ2n) is 4.54. The van der Waals surface area contributed by atoms with E-state index in [0.717, 1.165) is 16.7 Å². The Hall–Kier alpha value is -2.16. The van der Waals surface area contributed by atoms with E-state index in [2.05, 4.69) is 0 Å². The van der Waals surface area contributed by atoms with Gasteiger partial charge >= 0.3 is 0 Å². The number of phenolic OH excluding ortho intramolecular Hbond substituents is 3. The van der Waals surface area contributed by atoms with E-state index in [1.807, 2.05) is 20.8 Å². The lowest BCUT2D eigenvalue weighted by molar-refractivity contribution is 0.450. The van der Waals surface area contributed by atoms with Crippen LogP contribution in [0.25, 0.3) is 11.1 Å². The Morgan fingerprint density at radius 2 is 1.44 bits per heavy atom. The summed E-state index contributed by atoms with van der Waals surface area (Å²) < 4.78 is 0. The van der Waals surface area contributed by atoms with Gasteiger partial charge in [0.1, 0.15) is 17.2 Å². The average Bonchev–Trinajstić information content (AvgIpc) is 2.29. The molecule has 0 heterocycles. The van der Waals surface area contributed by atoms with E-state index in [4.69, 9.17) is 0 Å². The molecule has 2 rings (SSSR count). The van der Waals surface area contributed by atoms with Crippen molar-refractivity contribution in [3.05, 3.63) is 41.0 Å². The molecule has 0 aromatic heterocycles. The highest BCUT2D eigenvalue weighted by Crippen LogP contribution is 2.41. The molecule has 0 unspecified atom stereocenters. The lowest BCUT2D eigenvalue weighted by Crippen LogP contribution is -1.92. The Morgan fingerprint density at radius 3 is 2.06 bits per heavy atom. The molecular formula is C15H16O3. The fourth-order valence-corrected chi connectivity index (χ4v) is 2.13. The molecule has 3 N–H and O–H groups in total. The van der Waals surface area contributed by atoms with Crippen LogP contribution in [0.1, 0.15) is 16.7 Å². The Labute approximate surface area is 106 Å². The number of hydrogen-bond donors (Lipinski definition) is 3. The van der Waals surface area contributed by atoms with Gasteiger partial charge in [-0.05, 0) is 55.7 Å². The average molecular weight is 244 g/mol. The minimum Gasteiger partial charge on any atom is -0.508 e. The minimum absolute atomic E-state index is 0.00257. The van der Waals surface area contributed by atoms with Gasteiger partial charge in [0.05, 0.1) is 0 Å². The van der Waals surface area contributed by atoms with Crippen molar-refractivity contribution in [3.8, 4) is 28.4 Å². The molecule has 0 aliphatic carbocycles. The summed E-state index contributed by atoms with van der Waals surface area (Å²) in [6.45, 7) is 5.82. The Morgan fingerprint density at radius 1 is 0.778 bits per heavy atom. The zero-order valence-electron chi connectivity index (χ0n) is 10.7. The number of aryl methyl sites for hydroxylation is 1. The topological polar surface area (TPSA) is 60.7 Å². The molecule has 0 aliphatic rings. The second kappa shape index (κ2) is 4.26. The number of rotatable bonds is 1. The van der Waals surface area contributed by atoms with Crippen LogP contribution in [0.4, 0.5) is 0 Å². The second-order valence-corrected chi connectivity index (χ2v) is 4.54. The monoisotopic (exact) mass is 244 g/mol. The zero-order valence-corrected chi connectivity index (χ0v) is 10.7. The van der Waals surface area contributed by atoms with Gasteiger partial charge in [-0.3, -0.25) is 0 Å². The van der Waals surface area contributed by atoms with Crippen LogP contribution in [0.5, 0.6) is 17.2 Å². The van der Waals surface area contributed by atoms with Crippen LogP contribution in [-0.2, 0) is 0 Å². The molecule has 94 valence electrons. The van der Waals surface area contributed by atoms with E-state index in [-0.39, 0.29) is 17.2 Å². The van der Waals surface area contributed by atoms with Gasteiger partial charge in [-0.2, -0.15) is 0 Å². The summed E-state index contributed by atoms with van der Waals surface area (Å²) in [6, 6.07) is 6.04. The van der Waals surface area contributed by atoms with E-state index in [1.165, 1.54) is 12.1 Å². The van der Waals surface area contributed by atoms with Crippen LogP contribution in [0.15, 0.2) is 24.3 Å². The molecule has 2 aromatic rings. The predicted octanol–water partition coefficient (Wildman–Crippen LogP) is 3.40. The van der Waals surface area contributed by atoms with Crippen molar-refractivity contribution in [1.82, 2.24) is 0 Å². The highest BCUT2D eigenvalue weighted by atomic mass is 16.3. The van der Waals surface area contributed by atoms with Gasteiger partial charge in [-0.25, -0.2) is 0 Å². The van der Waals surface area contributed by atoms with Crippen LogP contribution < -0.4 is 0 Å². The first-order chi connectivity index (χ1) is 8.41. The number of aromatic hydroxyl groups is 3. The van der Waals surface area contributed by atoms with E-state index >= 15 is 0 Å². The van der Waals surface area contributed by atoms with Crippen LogP contribution in [0, 0.1) is 20.8 Å². The van der Waals surface area contributed by atoms with Crippen molar-refractivity contribution in [1.29, 1.82) is 0 Å². The molecule has 3 heteroatoms. The maximum atomic E-state index is 10.1. The molecule has 3 nitrogen and oxygen atoms in total. The fraction of sp³-hybridized carbons (Fsp3) is 0.200. The largest absolute Gasteiger partial charge is 0.508 e. The highest BCUT2D eigenvalue weighted by Gasteiger charge is 2.15. The predicted molar refractivity (Wildman–Crippen MR) is 71.1 cm³/mol. The van der Waals surface area contributed by atoms with Gasteiger partial charge in [0.2, 0.25) is 0 Å². The molecular weight excluding hydrogens is 228 g/mol. The normalized spacial score (nSPS) is 10.6. The molecule has 0 bridgehead atoms. The van der Waals surface area contributed by atoms with Gasteiger partial charge in [0.15, 0.2) is 0 Å². The van der Waals surface area contributed by atoms with Crippen molar-refractivity contribution < 1.29 is 15.3 Å². The van der Waals surface area contributed by atoms with Crippen LogP contribution >= 0.6 is 0 Å². The molecule has 0 radical (unpaired) electrons. The van der Waals surface area contributed by atoms with E-state index in [9.17, 15) is 15.3 Å². The van der Waals surface area contributed by atoms with Crippen molar-refractivity contribution in [2.24, 2.45) is 0 Å². The highest BCUT2D eigenvalue weighted by molar-refractivity contribution is 5.80. The lowest BCUT2D eigenvalue weighted by atomic mass is 9.92. The van der Waals surface area contributed by atoms with Gasteiger partial charge < -0.3 is 15.3 Å². The quantitative estimate of drug-likeness (QED) is 0.720. The molecule has 2 aromatic carbocycles. The first kappa shape index (κ1) is 12.3. The third-order valence-corrected chi connectivity index (χ3v) is 3.39. The number of hydrogen-bond acceptors (Lipinski definition) is 3. The van der Waals surface area contributed by atoms with Gasteiger partial charge in [-0.15, -0.1) is 0 Å². The summed E-state index contributed by atoms with van der Waals surface area (Å²) in [5.41, 5.74) is 4.14. The molecule has 0 spiro atoms. The first-order valence-electron chi connectivity index (χ1n) is 5.74. The number of benzene rings is 2. The SMILES string of the molecule is Cc1cc(O)c(-c2ccc(O)cc2O)c(C)c1C. The fourth-order valence-electron chi connectivity index (χ4n) is 2.13. The summed E-state index contributed by atoms with van der Waals surface area (Å²) in [5.74, 6) is 0.0884. The Bertz CT molecular complexity index is 616. The van der Waals surface area contributed by atoms with Crippen molar-refractivity contribution in [2.45, 2.75) is 20.8 Å². The molecule has 0 saturated carbocycles. The van der Waals surface area contributed by atoms with Gasteiger partial charge in [-0.1, -0.05) is 0 Å². The number of phenols is 3. The van der Waals surface area contributed by atoms with Crippen molar-refractivity contribution in [2.75, 3.05) is 0 Å². The van der Waals surface area contributed by atoms with Crippen LogP contribution in [0.3, 0.4) is 0 Å². The lowest BCUT2D eigenvalue weighted by Gasteiger charge is -2.15. The maximum absolute atomic E-state index is 10.1. The molecule has 0 saturated heterocycles. The minimum atomic E-state index is -0.0448. The molecule has 0 amide bonds. The summed E-state index contributed by atoms with van der Waals surface area (Å²) in [7, 11) is 0. The Balaban J connectivity index is 2.75. The summed E-state index contributed by atoms with van der Waals surface area (Å²) in [4.78, 5) is 0. The molecule has 18 heavy (non-hydrogen) atoms. The first-order valence-corrected chi connectivity index (χ1v) is 5.74. The van der Waals surface area contributed by atoms with E-state index in [0.29, 0.717) is 11.1 Å². The van der Waals surface area contributed by atoms with Crippen molar-refractivity contribution >= 4 is 0 Å². The standard InChI is InChI=1S/C15H16O3/c1-8-6-14(18)15(10(3)9(8)2)12-5-4-11(16)7-13(12)17/h4-7,16-18H,1-3H3. The van der Waals surface area contributed by atoms with Gasteiger partial charge in [0, 0.05) is 17.2 Å². The Kier molecular flexibility index (Phi) is 2.91. The molecule has 0 fully saturated rings. The van der Waals surface area contributed by atoms with Crippen LogP contribution in [-0.4, -0.2) is 15.3 Å². The summed E-state index contributed by atoms with van der Waals surface area (Å²) in [6.07, 6.45) is 0. The van der Waals surface area contributed by atoms with Gasteiger partial charge in [0.25, 0.3) is 0 Å². The zero-order chi connectivity index (χ0) is 13.4. The van der Waals surface area contributed by atoms with E-state index in [1.54, 1.807) is 12.1 Å². The van der Waals surface area contributed by atoms with E-state index < -0.39 is 0 Å². The maximum Gasteiger partial charge on any atom is 0.127 e. The van der Waals surface area contributed by atoms with Crippen molar-refractivity contribution in [3.63, 3.8) is 0 Å². The third kappa shape index (κ3) is 1.88.